The standard InChI is InChI=1S/C15H12BrClOS/c16-12-6-4-11(5-7-12)8-14(18)10-19-15-3-1-2-13(17)9-15/h1-7,9H,8,10H2. The zero-order chi connectivity index (χ0) is 13.7. The molecule has 0 unspecified atom stereocenters. The van der Waals surface area contributed by atoms with Gasteiger partial charge in [0.05, 0.1) is 5.75 Å². The van der Waals surface area contributed by atoms with Crippen LogP contribution in [0.5, 0.6) is 0 Å². The zero-order valence-electron chi connectivity index (χ0n) is 10.1. The van der Waals surface area contributed by atoms with Crippen LogP contribution in [0.2, 0.25) is 5.02 Å². The summed E-state index contributed by atoms with van der Waals surface area (Å²) < 4.78 is 1.03. The molecule has 2 aromatic carbocycles. The summed E-state index contributed by atoms with van der Waals surface area (Å²) in [5, 5.41) is 0.699. The number of carbonyl (C=O) groups is 1. The Labute approximate surface area is 130 Å². The molecule has 98 valence electrons. The molecule has 0 aliphatic heterocycles. The summed E-state index contributed by atoms with van der Waals surface area (Å²) in [6.07, 6.45) is 0.473. The van der Waals surface area contributed by atoms with Crippen molar-refractivity contribution in [3.63, 3.8) is 0 Å². The number of hydrogen-bond donors (Lipinski definition) is 0. The first kappa shape index (κ1) is 14.6. The molecule has 1 nitrogen and oxygen atoms in total. The Balaban J connectivity index is 1.86. The molecule has 0 aliphatic carbocycles. The molecular formula is C15H12BrClOS. The van der Waals surface area contributed by atoms with Crippen LogP contribution >= 0.6 is 39.3 Å². The van der Waals surface area contributed by atoms with Gasteiger partial charge in [-0.1, -0.05) is 45.7 Å². The Morgan fingerprint density at radius 3 is 2.58 bits per heavy atom. The van der Waals surface area contributed by atoms with Crippen LogP contribution in [0.15, 0.2) is 57.9 Å². The minimum Gasteiger partial charge on any atom is -0.298 e. The third-order valence-corrected chi connectivity index (χ3v) is 4.33. The van der Waals surface area contributed by atoms with Gasteiger partial charge in [0.2, 0.25) is 0 Å². The molecule has 0 heterocycles. The van der Waals surface area contributed by atoms with Crippen molar-refractivity contribution in [2.45, 2.75) is 11.3 Å². The Bertz CT molecular complexity index is 569. The van der Waals surface area contributed by atoms with Crippen molar-refractivity contribution in [3.8, 4) is 0 Å². The van der Waals surface area contributed by atoms with Gasteiger partial charge in [-0.2, -0.15) is 0 Å². The zero-order valence-corrected chi connectivity index (χ0v) is 13.3. The van der Waals surface area contributed by atoms with Crippen molar-refractivity contribution < 1.29 is 4.79 Å². The van der Waals surface area contributed by atoms with E-state index in [1.807, 2.05) is 48.5 Å². The highest BCUT2D eigenvalue weighted by Crippen LogP contribution is 2.22. The molecule has 0 aromatic heterocycles. The topological polar surface area (TPSA) is 17.1 Å². The largest absolute Gasteiger partial charge is 0.298 e. The molecule has 4 heteroatoms. The van der Waals surface area contributed by atoms with Crippen LogP contribution < -0.4 is 0 Å². The fraction of sp³-hybridized carbons (Fsp3) is 0.133. The number of benzene rings is 2. The first-order valence-electron chi connectivity index (χ1n) is 5.78. The minimum absolute atomic E-state index is 0.215. The summed E-state index contributed by atoms with van der Waals surface area (Å²) in [7, 11) is 0. The normalized spacial score (nSPS) is 10.4. The van der Waals surface area contributed by atoms with E-state index in [4.69, 9.17) is 11.6 Å². The molecular weight excluding hydrogens is 344 g/mol. The molecule has 2 aromatic rings. The number of halogens is 2. The lowest BCUT2D eigenvalue weighted by Crippen LogP contribution is -2.05. The third kappa shape index (κ3) is 5.01. The molecule has 0 spiro atoms. The Hall–Kier alpha value is -0.770. The maximum atomic E-state index is 11.9. The molecule has 0 bridgehead atoms. The van der Waals surface area contributed by atoms with Crippen molar-refractivity contribution in [3.05, 3.63) is 63.6 Å². The Morgan fingerprint density at radius 2 is 1.89 bits per heavy atom. The predicted molar refractivity (Wildman–Crippen MR) is 85.0 cm³/mol. The molecule has 0 saturated carbocycles. The van der Waals surface area contributed by atoms with E-state index in [9.17, 15) is 4.79 Å². The van der Waals surface area contributed by atoms with E-state index >= 15 is 0 Å². The van der Waals surface area contributed by atoms with Crippen LogP contribution in [0.25, 0.3) is 0 Å². The van der Waals surface area contributed by atoms with Crippen molar-refractivity contribution >= 4 is 45.1 Å². The van der Waals surface area contributed by atoms with Gasteiger partial charge >= 0.3 is 0 Å². The Kier molecular flexibility index (Phi) is 5.49. The van der Waals surface area contributed by atoms with E-state index < -0.39 is 0 Å². The fourth-order valence-corrected chi connectivity index (χ4v) is 2.94. The molecule has 0 fully saturated rings. The highest BCUT2D eigenvalue weighted by Gasteiger charge is 2.05. The van der Waals surface area contributed by atoms with Crippen LogP contribution in [0.3, 0.4) is 0 Å². The van der Waals surface area contributed by atoms with E-state index in [-0.39, 0.29) is 5.78 Å². The molecule has 0 radical (unpaired) electrons. The summed E-state index contributed by atoms with van der Waals surface area (Å²) >= 11 is 10.8. The molecule has 0 amide bonds. The number of ketones is 1. The first-order chi connectivity index (χ1) is 9.13. The van der Waals surface area contributed by atoms with Gasteiger partial charge in [0.1, 0.15) is 5.78 Å². The number of thioether (sulfide) groups is 1. The quantitative estimate of drug-likeness (QED) is 0.702. The predicted octanol–water partition coefficient (Wildman–Crippen LogP) is 5.01. The molecule has 0 N–H and O–H groups in total. The minimum atomic E-state index is 0.215. The van der Waals surface area contributed by atoms with Crippen LogP contribution in [-0.4, -0.2) is 11.5 Å². The molecule has 0 saturated heterocycles. The van der Waals surface area contributed by atoms with Crippen molar-refractivity contribution in [1.82, 2.24) is 0 Å². The van der Waals surface area contributed by atoms with Crippen LogP contribution in [0.1, 0.15) is 5.56 Å². The second-order valence-electron chi connectivity index (χ2n) is 4.09. The lowest BCUT2D eigenvalue weighted by atomic mass is 10.1. The number of rotatable bonds is 5. The van der Waals surface area contributed by atoms with Crippen LogP contribution in [0.4, 0.5) is 0 Å². The molecule has 19 heavy (non-hydrogen) atoms. The second-order valence-corrected chi connectivity index (χ2v) is 6.49. The van der Waals surface area contributed by atoms with E-state index in [0.29, 0.717) is 17.2 Å². The second kappa shape index (κ2) is 7.13. The lowest BCUT2D eigenvalue weighted by Gasteiger charge is -2.03. The summed E-state index contributed by atoms with van der Waals surface area (Å²) in [6.45, 7) is 0. The monoisotopic (exact) mass is 354 g/mol. The highest BCUT2D eigenvalue weighted by molar-refractivity contribution is 9.10. The maximum Gasteiger partial charge on any atom is 0.147 e. The number of hydrogen-bond acceptors (Lipinski definition) is 2. The van der Waals surface area contributed by atoms with E-state index in [1.165, 1.54) is 11.8 Å². The molecule has 0 atom stereocenters. The van der Waals surface area contributed by atoms with Crippen LogP contribution in [0, 0.1) is 0 Å². The van der Waals surface area contributed by atoms with Crippen molar-refractivity contribution in [2.75, 3.05) is 5.75 Å². The van der Waals surface area contributed by atoms with E-state index in [1.54, 1.807) is 0 Å². The van der Waals surface area contributed by atoms with Gasteiger partial charge in [-0.15, -0.1) is 11.8 Å². The summed E-state index contributed by atoms with van der Waals surface area (Å²) in [6, 6.07) is 15.4. The van der Waals surface area contributed by atoms with Crippen molar-refractivity contribution in [2.24, 2.45) is 0 Å². The van der Waals surface area contributed by atoms with Gasteiger partial charge in [-0.3, -0.25) is 4.79 Å². The molecule has 2 rings (SSSR count). The van der Waals surface area contributed by atoms with Gasteiger partial charge in [0.15, 0.2) is 0 Å². The summed E-state index contributed by atoms with van der Waals surface area (Å²) in [4.78, 5) is 12.9. The van der Waals surface area contributed by atoms with Gasteiger partial charge < -0.3 is 0 Å². The fourth-order valence-electron chi connectivity index (χ4n) is 1.60. The van der Waals surface area contributed by atoms with E-state index in [2.05, 4.69) is 15.9 Å². The first-order valence-corrected chi connectivity index (χ1v) is 7.93. The lowest BCUT2D eigenvalue weighted by molar-refractivity contribution is -0.116. The Morgan fingerprint density at radius 1 is 1.16 bits per heavy atom. The SMILES string of the molecule is O=C(CSc1cccc(Cl)c1)Cc1ccc(Br)cc1. The average molecular weight is 356 g/mol. The van der Waals surface area contributed by atoms with E-state index in [0.717, 1.165) is 14.9 Å². The highest BCUT2D eigenvalue weighted by atomic mass is 79.9. The van der Waals surface area contributed by atoms with Gasteiger partial charge in [0, 0.05) is 20.8 Å². The third-order valence-electron chi connectivity index (χ3n) is 2.51. The summed E-state index contributed by atoms with van der Waals surface area (Å²) in [5.41, 5.74) is 1.04. The summed E-state index contributed by atoms with van der Waals surface area (Å²) in [5.74, 6) is 0.684. The van der Waals surface area contributed by atoms with Gasteiger partial charge in [0.25, 0.3) is 0 Å². The van der Waals surface area contributed by atoms with Gasteiger partial charge in [-0.25, -0.2) is 0 Å². The average Bonchev–Trinajstić information content (AvgIpc) is 2.39. The van der Waals surface area contributed by atoms with Gasteiger partial charge in [-0.05, 0) is 35.9 Å². The number of carbonyl (C=O) groups excluding carboxylic acids is 1. The van der Waals surface area contributed by atoms with Crippen LogP contribution in [-0.2, 0) is 11.2 Å². The number of Topliss-reactive ketones (excluding diaryl/α,β-unsaturated/α-hetero) is 1. The maximum absolute atomic E-state index is 11.9. The van der Waals surface area contributed by atoms with Crippen molar-refractivity contribution in [1.29, 1.82) is 0 Å². The smallest absolute Gasteiger partial charge is 0.147 e. The molecule has 0 aliphatic rings.